The van der Waals surface area contributed by atoms with Crippen molar-refractivity contribution in [3.8, 4) is 11.8 Å². The fourth-order valence-electron chi connectivity index (χ4n) is 2.69. The fourth-order valence-corrected chi connectivity index (χ4v) is 2.69. The van der Waals surface area contributed by atoms with Gasteiger partial charge in [-0.05, 0) is 17.7 Å². The molecule has 0 radical (unpaired) electrons. The van der Waals surface area contributed by atoms with Crippen LogP contribution in [0.1, 0.15) is 11.5 Å². The molecule has 9 heteroatoms. The van der Waals surface area contributed by atoms with Gasteiger partial charge in [-0.25, -0.2) is 0 Å². The summed E-state index contributed by atoms with van der Waals surface area (Å²) < 4.78 is 5.13. The molecule has 1 aliphatic carbocycles. The Balaban J connectivity index is 2.08. The van der Waals surface area contributed by atoms with E-state index in [4.69, 9.17) is 4.74 Å². The van der Waals surface area contributed by atoms with Crippen LogP contribution < -0.4 is 4.74 Å². The number of fused-ring (bicyclic) bond motifs is 1. The summed E-state index contributed by atoms with van der Waals surface area (Å²) in [5.74, 6) is -1.19. The maximum Gasteiger partial charge on any atom is 0.258 e. The SMILES string of the molecule is COc1cccc(C(C#N)C2C=CC3=[N+]([O-])O[N-]C3=C2[N+](=O)[O-])c1. The first-order valence-corrected chi connectivity index (χ1v) is 6.90. The minimum absolute atomic E-state index is 0.0553. The van der Waals surface area contributed by atoms with Gasteiger partial charge < -0.3 is 15.2 Å². The lowest BCUT2D eigenvalue weighted by molar-refractivity contribution is -0.717. The van der Waals surface area contributed by atoms with Crippen LogP contribution in [-0.2, 0) is 4.94 Å². The summed E-state index contributed by atoms with van der Waals surface area (Å²) >= 11 is 0. The van der Waals surface area contributed by atoms with Gasteiger partial charge in [-0.2, -0.15) is 5.26 Å². The minimum Gasteiger partial charge on any atom is -0.567 e. The van der Waals surface area contributed by atoms with Crippen molar-refractivity contribution in [1.29, 1.82) is 5.26 Å². The fraction of sp³-hybridized carbons (Fsp3) is 0.200. The first-order chi connectivity index (χ1) is 11.6. The molecule has 3 rings (SSSR count). The van der Waals surface area contributed by atoms with E-state index in [2.05, 4.69) is 16.5 Å². The molecule has 0 fully saturated rings. The molecular formula is C15H11N4O5-. The number of ether oxygens (including phenoxy) is 1. The molecule has 24 heavy (non-hydrogen) atoms. The van der Waals surface area contributed by atoms with Gasteiger partial charge in [-0.15, -0.1) is 0 Å². The molecule has 1 aliphatic heterocycles. The van der Waals surface area contributed by atoms with E-state index in [1.54, 1.807) is 24.3 Å². The molecule has 9 nitrogen and oxygen atoms in total. The Kier molecular flexibility index (Phi) is 3.79. The molecule has 122 valence electrons. The summed E-state index contributed by atoms with van der Waals surface area (Å²) in [5.41, 5.74) is 3.46. The molecule has 0 saturated heterocycles. The number of hydrogen-bond acceptors (Lipinski definition) is 6. The number of nitriles is 1. The third kappa shape index (κ3) is 2.40. The van der Waals surface area contributed by atoms with Crippen LogP contribution in [0.25, 0.3) is 5.48 Å². The highest BCUT2D eigenvalue weighted by Gasteiger charge is 2.39. The molecule has 0 spiro atoms. The van der Waals surface area contributed by atoms with Gasteiger partial charge in [0.1, 0.15) is 5.75 Å². The number of nitrogens with zero attached hydrogens (tertiary/aromatic N) is 4. The second-order valence-electron chi connectivity index (χ2n) is 5.07. The van der Waals surface area contributed by atoms with E-state index in [1.165, 1.54) is 19.3 Å². The molecule has 0 saturated carbocycles. The van der Waals surface area contributed by atoms with Gasteiger partial charge in [-0.1, -0.05) is 18.2 Å². The summed E-state index contributed by atoms with van der Waals surface area (Å²) in [6.45, 7) is 0. The normalized spacial score (nSPS) is 19.9. The Hall–Kier alpha value is -3.54. The van der Waals surface area contributed by atoms with E-state index >= 15 is 0 Å². The largest absolute Gasteiger partial charge is 0.567 e. The number of methoxy groups -OCH3 is 1. The highest BCUT2D eigenvalue weighted by molar-refractivity contribution is 6.08. The standard InChI is InChI=1S/C15H11N4O5/c1-23-10-4-2-3-9(7-10)12(8-16)11-5-6-13-14(15(11)18(20)21)17-24-19(13)22/h2-7,11-12H,1H3/q-1. The molecule has 0 amide bonds. The van der Waals surface area contributed by atoms with Crippen molar-refractivity contribution in [2.75, 3.05) is 7.11 Å². The molecule has 0 N–H and O–H groups in total. The molecule has 2 unspecified atom stereocenters. The van der Waals surface area contributed by atoms with E-state index in [0.29, 0.717) is 11.3 Å². The Labute approximate surface area is 136 Å². The first-order valence-electron chi connectivity index (χ1n) is 6.90. The third-order valence-corrected chi connectivity index (χ3v) is 3.81. The van der Waals surface area contributed by atoms with Crippen LogP contribution in [0.4, 0.5) is 0 Å². The maximum atomic E-state index is 11.5. The van der Waals surface area contributed by atoms with Crippen LogP contribution in [0.2, 0.25) is 0 Å². The van der Waals surface area contributed by atoms with E-state index in [9.17, 15) is 20.6 Å². The summed E-state index contributed by atoms with van der Waals surface area (Å²) in [7, 11) is 1.49. The average Bonchev–Trinajstić information content (AvgIpc) is 2.96. The van der Waals surface area contributed by atoms with Crippen LogP contribution >= 0.6 is 0 Å². The van der Waals surface area contributed by atoms with E-state index < -0.39 is 16.8 Å². The minimum atomic E-state index is -0.880. The Morgan fingerprint density at radius 3 is 3.00 bits per heavy atom. The van der Waals surface area contributed by atoms with Crippen LogP contribution in [0, 0.1) is 32.6 Å². The summed E-state index contributed by atoms with van der Waals surface area (Å²) in [6, 6.07) is 8.83. The molecule has 2 aliphatic rings. The third-order valence-electron chi connectivity index (χ3n) is 3.81. The topological polar surface area (TPSA) is 126 Å². The number of rotatable bonds is 4. The van der Waals surface area contributed by atoms with Crippen molar-refractivity contribution in [3.05, 3.63) is 74.2 Å². The first kappa shape index (κ1) is 15.4. The Bertz CT molecular complexity index is 837. The van der Waals surface area contributed by atoms with Crippen LogP contribution in [0.15, 0.2) is 47.8 Å². The summed E-state index contributed by atoms with van der Waals surface area (Å²) in [6.07, 6.45) is 2.82. The lowest BCUT2D eigenvalue weighted by Crippen LogP contribution is -2.24. The number of allylic oxidation sites excluding steroid dienone is 2. The molecule has 1 aromatic rings. The molecule has 1 aromatic carbocycles. The lowest BCUT2D eigenvalue weighted by Gasteiger charge is -2.24. The van der Waals surface area contributed by atoms with Gasteiger partial charge in [0.25, 0.3) is 5.71 Å². The Morgan fingerprint density at radius 1 is 1.54 bits per heavy atom. The van der Waals surface area contributed by atoms with Gasteiger partial charge >= 0.3 is 0 Å². The average molecular weight is 327 g/mol. The number of nitro groups is 1. The quantitative estimate of drug-likeness (QED) is 0.474. The van der Waals surface area contributed by atoms with Crippen molar-refractivity contribution < 1.29 is 19.5 Å². The highest BCUT2D eigenvalue weighted by atomic mass is 16.9. The zero-order valence-electron chi connectivity index (χ0n) is 12.4. The lowest BCUT2D eigenvalue weighted by atomic mass is 9.81. The van der Waals surface area contributed by atoms with Crippen molar-refractivity contribution in [2.24, 2.45) is 5.92 Å². The van der Waals surface area contributed by atoms with E-state index in [-0.39, 0.29) is 22.0 Å². The molecule has 1 heterocycles. The van der Waals surface area contributed by atoms with E-state index in [0.717, 1.165) is 0 Å². The number of benzene rings is 1. The highest BCUT2D eigenvalue weighted by Crippen LogP contribution is 2.39. The molecule has 0 bridgehead atoms. The monoisotopic (exact) mass is 327 g/mol. The summed E-state index contributed by atoms with van der Waals surface area (Å²) in [4.78, 5) is 15.4. The van der Waals surface area contributed by atoms with Crippen LogP contribution in [-0.4, -0.2) is 22.6 Å². The zero-order chi connectivity index (χ0) is 17.3. The van der Waals surface area contributed by atoms with E-state index in [1.807, 2.05) is 0 Å². The van der Waals surface area contributed by atoms with Gasteiger partial charge in [0.2, 0.25) is 5.70 Å². The molecule has 2 atom stereocenters. The van der Waals surface area contributed by atoms with Crippen molar-refractivity contribution in [1.82, 2.24) is 0 Å². The molecular weight excluding hydrogens is 316 g/mol. The van der Waals surface area contributed by atoms with Crippen LogP contribution in [0.3, 0.4) is 0 Å². The smallest absolute Gasteiger partial charge is 0.258 e. The summed E-state index contributed by atoms with van der Waals surface area (Å²) in [5, 5.41) is 32.5. The van der Waals surface area contributed by atoms with Gasteiger partial charge in [-0.3, -0.25) is 15.3 Å². The van der Waals surface area contributed by atoms with Crippen molar-refractivity contribution in [2.45, 2.75) is 5.92 Å². The zero-order valence-corrected chi connectivity index (χ0v) is 12.4. The second-order valence-corrected chi connectivity index (χ2v) is 5.07. The van der Waals surface area contributed by atoms with Gasteiger partial charge in [0.15, 0.2) is 0 Å². The number of hydroxylamine groups is 1. The predicted molar refractivity (Wildman–Crippen MR) is 81.1 cm³/mol. The molecule has 0 aromatic heterocycles. The predicted octanol–water partition coefficient (Wildman–Crippen LogP) is 2.16. The van der Waals surface area contributed by atoms with Gasteiger partial charge in [0.05, 0.1) is 29.9 Å². The van der Waals surface area contributed by atoms with Crippen molar-refractivity contribution in [3.63, 3.8) is 0 Å². The maximum absolute atomic E-state index is 11.5. The van der Waals surface area contributed by atoms with Crippen molar-refractivity contribution >= 4 is 5.71 Å². The Morgan fingerprint density at radius 2 is 2.33 bits per heavy atom. The van der Waals surface area contributed by atoms with Crippen LogP contribution in [0.5, 0.6) is 5.75 Å². The van der Waals surface area contributed by atoms with Gasteiger partial charge in [0, 0.05) is 16.7 Å². The number of hydrogen-bond donors (Lipinski definition) is 0. The second kappa shape index (κ2) is 5.92.